The number of pyridine rings is 2. The van der Waals surface area contributed by atoms with Gasteiger partial charge in [-0.25, -0.2) is 4.98 Å². The van der Waals surface area contributed by atoms with Crippen molar-refractivity contribution < 1.29 is 18.0 Å². The van der Waals surface area contributed by atoms with Crippen molar-refractivity contribution in [3.63, 3.8) is 0 Å². The second-order valence-electron chi connectivity index (χ2n) is 7.70. The van der Waals surface area contributed by atoms with E-state index in [0.29, 0.717) is 16.9 Å². The van der Waals surface area contributed by atoms with E-state index in [1.165, 1.54) is 23.0 Å². The molecule has 0 atom stereocenters. The highest BCUT2D eigenvalue weighted by Crippen LogP contribution is 2.32. The summed E-state index contributed by atoms with van der Waals surface area (Å²) in [6, 6.07) is 7.76. The van der Waals surface area contributed by atoms with E-state index < -0.39 is 11.9 Å². The molecule has 0 aliphatic heterocycles. The maximum atomic E-state index is 12.9. The smallest absolute Gasteiger partial charge is 0.310 e. The molecule has 35 heavy (non-hydrogen) atoms. The number of anilines is 1. The molecule has 0 aliphatic rings. The lowest BCUT2D eigenvalue weighted by molar-refractivity contribution is -0.141. The monoisotopic (exact) mass is 498 g/mol. The predicted molar refractivity (Wildman–Crippen MR) is 135 cm³/mol. The van der Waals surface area contributed by atoms with Gasteiger partial charge in [0.15, 0.2) is 0 Å². The van der Waals surface area contributed by atoms with E-state index in [1.54, 1.807) is 29.9 Å². The Kier molecular flexibility index (Phi) is 8.70. The molecule has 0 saturated heterocycles. The molecule has 0 bridgehead atoms. The van der Waals surface area contributed by atoms with Gasteiger partial charge in [-0.2, -0.15) is 13.2 Å². The average Bonchev–Trinajstić information content (AvgIpc) is 3.30. The quantitative estimate of drug-likeness (QED) is 0.334. The van der Waals surface area contributed by atoms with Crippen molar-refractivity contribution in [2.75, 3.05) is 5.32 Å². The van der Waals surface area contributed by atoms with Crippen LogP contribution in [0.4, 0.5) is 19.0 Å². The molecule has 0 unspecified atom stereocenters. The third-order valence-electron chi connectivity index (χ3n) is 5.10. The van der Waals surface area contributed by atoms with Crippen LogP contribution in [0.25, 0.3) is 16.8 Å². The van der Waals surface area contributed by atoms with E-state index in [-0.39, 0.29) is 12.3 Å². The summed E-state index contributed by atoms with van der Waals surface area (Å²) in [5.74, 6) is 0.134. The van der Waals surface area contributed by atoms with Crippen LogP contribution in [-0.2, 0) is 17.4 Å². The van der Waals surface area contributed by atoms with Gasteiger partial charge in [0, 0.05) is 29.0 Å². The van der Waals surface area contributed by atoms with Gasteiger partial charge in [-0.15, -0.1) is 11.3 Å². The fourth-order valence-corrected chi connectivity index (χ4v) is 3.92. The number of thiophene rings is 1. The lowest BCUT2D eigenvalue weighted by atomic mass is 10.1. The topological polar surface area (TPSA) is 67.2 Å². The van der Waals surface area contributed by atoms with Crippen molar-refractivity contribution in [2.24, 2.45) is 4.99 Å². The minimum Gasteiger partial charge on any atom is -0.310 e. The van der Waals surface area contributed by atoms with Crippen molar-refractivity contribution in [2.45, 2.75) is 39.8 Å². The molecule has 0 aromatic carbocycles. The summed E-state index contributed by atoms with van der Waals surface area (Å²) in [4.78, 5) is 25.3. The molecule has 0 radical (unpaired) electrons. The molecular weight excluding hydrogens is 473 g/mol. The number of carbonyl (C=O) groups is 1. The summed E-state index contributed by atoms with van der Waals surface area (Å²) < 4.78 is 38.8. The zero-order valence-corrected chi connectivity index (χ0v) is 20.4. The number of carbonyl (C=O) groups excluding carboxylic acids is 1. The highest BCUT2D eigenvalue weighted by Gasteiger charge is 2.32. The van der Waals surface area contributed by atoms with Gasteiger partial charge in [0.2, 0.25) is 5.91 Å². The van der Waals surface area contributed by atoms with Gasteiger partial charge >= 0.3 is 6.18 Å². The molecule has 5 nitrogen and oxygen atoms in total. The molecule has 182 valence electrons. The third-order valence-corrected chi connectivity index (χ3v) is 6.04. The van der Waals surface area contributed by atoms with Gasteiger partial charge < -0.3 is 5.32 Å². The van der Waals surface area contributed by atoms with Crippen molar-refractivity contribution in [3.8, 4) is 11.1 Å². The molecule has 3 heterocycles. The first-order valence-electron chi connectivity index (χ1n) is 10.9. The highest BCUT2D eigenvalue weighted by molar-refractivity contribution is 7.10. The van der Waals surface area contributed by atoms with E-state index >= 15 is 0 Å². The number of hydrogen-bond acceptors (Lipinski definition) is 5. The van der Waals surface area contributed by atoms with Gasteiger partial charge in [0.05, 0.1) is 12.1 Å². The standard InChI is InChI=1S/C26H25F3N4OS/c1-4-17(3)8-10-30-22(5-2)19-6-7-24(32-15-19)33-25(34)14-21-12-20(16-35-21)18-9-11-31-23(13-18)26(27,28)29/h5-13,15-16H,4,14H2,1-3H3,(H,32,33,34)/b17-8+,22-5-,30-10-. The fraction of sp³-hybridized carbons (Fsp3) is 0.231. The second-order valence-corrected chi connectivity index (χ2v) is 8.70. The zero-order valence-electron chi connectivity index (χ0n) is 19.6. The highest BCUT2D eigenvalue weighted by atomic mass is 32.1. The zero-order chi connectivity index (χ0) is 25.4. The van der Waals surface area contributed by atoms with Gasteiger partial charge in [0.1, 0.15) is 11.5 Å². The molecule has 0 aliphatic carbocycles. The van der Waals surface area contributed by atoms with Crippen LogP contribution in [0.5, 0.6) is 0 Å². The van der Waals surface area contributed by atoms with E-state index in [1.807, 2.05) is 32.1 Å². The second kappa shape index (κ2) is 11.7. The Morgan fingerprint density at radius 1 is 1.17 bits per heavy atom. The fourth-order valence-electron chi connectivity index (χ4n) is 3.03. The third kappa shape index (κ3) is 7.45. The Bertz CT molecular complexity index is 1260. The van der Waals surface area contributed by atoms with Crippen LogP contribution in [0.1, 0.15) is 43.3 Å². The lowest BCUT2D eigenvalue weighted by Crippen LogP contribution is -2.14. The molecular formula is C26H25F3N4OS. The van der Waals surface area contributed by atoms with Crippen LogP contribution in [0.3, 0.4) is 0 Å². The molecule has 0 saturated carbocycles. The number of halogens is 3. The first-order chi connectivity index (χ1) is 16.7. The molecule has 3 aromatic heterocycles. The van der Waals surface area contributed by atoms with Crippen molar-refractivity contribution in [1.82, 2.24) is 9.97 Å². The van der Waals surface area contributed by atoms with Crippen LogP contribution in [0.2, 0.25) is 0 Å². The normalized spacial score (nSPS) is 12.9. The molecule has 1 N–H and O–H groups in total. The number of nitrogens with zero attached hydrogens (tertiary/aromatic N) is 3. The molecule has 3 aromatic rings. The van der Waals surface area contributed by atoms with E-state index in [9.17, 15) is 18.0 Å². The van der Waals surface area contributed by atoms with Gasteiger partial charge in [0.25, 0.3) is 0 Å². The van der Waals surface area contributed by atoms with Crippen molar-refractivity contribution in [1.29, 1.82) is 0 Å². The number of allylic oxidation sites excluding steroid dienone is 3. The minimum absolute atomic E-state index is 0.0822. The number of amides is 1. The first kappa shape index (κ1) is 26.0. The number of nitrogens with one attached hydrogen (secondary N) is 1. The van der Waals surface area contributed by atoms with E-state index in [0.717, 1.165) is 34.8 Å². The Labute approximate surface area is 206 Å². The Morgan fingerprint density at radius 2 is 1.97 bits per heavy atom. The van der Waals surface area contributed by atoms with Crippen LogP contribution >= 0.6 is 11.3 Å². The number of hydrogen-bond donors (Lipinski definition) is 1. The van der Waals surface area contributed by atoms with Gasteiger partial charge in [-0.1, -0.05) is 18.6 Å². The summed E-state index contributed by atoms with van der Waals surface area (Å²) in [6.45, 7) is 6.02. The maximum Gasteiger partial charge on any atom is 0.433 e. The average molecular weight is 499 g/mol. The number of alkyl halides is 3. The minimum atomic E-state index is -4.51. The summed E-state index contributed by atoms with van der Waals surface area (Å²) in [6.07, 6.45) is 4.91. The van der Waals surface area contributed by atoms with Crippen molar-refractivity contribution in [3.05, 3.63) is 82.0 Å². The van der Waals surface area contributed by atoms with Crippen LogP contribution in [-0.4, -0.2) is 22.1 Å². The Hall–Kier alpha value is -3.59. The number of rotatable bonds is 8. The molecule has 0 fully saturated rings. The van der Waals surface area contributed by atoms with Crippen LogP contribution in [0.15, 0.2) is 70.8 Å². The SMILES string of the molecule is C\C=C(/N=C\C=C(/C)CC)c1ccc(NC(=O)Cc2cc(-c3ccnc(C(F)(F)F)c3)cs2)nc1. The summed E-state index contributed by atoms with van der Waals surface area (Å²) in [5.41, 5.74) is 2.88. The first-order valence-corrected chi connectivity index (χ1v) is 11.8. The van der Waals surface area contributed by atoms with Gasteiger partial charge in [-0.3, -0.25) is 14.8 Å². The molecule has 1 amide bonds. The number of aromatic nitrogens is 2. The Balaban J connectivity index is 1.62. The lowest BCUT2D eigenvalue weighted by Gasteiger charge is -2.06. The van der Waals surface area contributed by atoms with Crippen LogP contribution in [0, 0.1) is 0 Å². The summed E-state index contributed by atoms with van der Waals surface area (Å²) >= 11 is 1.31. The number of aliphatic imine (C=N–C) groups is 1. The largest absolute Gasteiger partial charge is 0.433 e. The van der Waals surface area contributed by atoms with E-state index in [2.05, 4.69) is 27.2 Å². The summed E-state index contributed by atoms with van der Waals surface area (Å²) in [7, 11) is 0. The van der Waals surface area contributed by atoms with Gasteiger partial charge in [-0.05, 0) is 73.2 Å². The van der Waals surface area contributed by atoms with Crippen LogP contribution < -0.4 is 5.32 Å². The Morgan fingerprint density at radius 3 is 2.63 bits per heavy atom. The molecule has 3 rings (SSSR count). The summed E-state index contributed by atoms with van der Waals surface area (Å²) in [5, 5.41) is 4.47. The molecule has 0 spiro atoms. The van der Waals surface area contributed by atoms with E-state index in [4.69, 9.17) is 0 Å². The molecule has 9 heteroatoms. The maximum absolute atomic E-state index is 12.9. The van der Waals surface area contributed by atoms with Crippen molar-refractivity contribution >= 4 is 35.0 Å². The predicted octanol–water partition coefficient (Wildman–Crippen LogP) is 7.19.